The summed E-state index contributed by atoms with van der Waals surface area (Å²) in [6.45, 7) is 60.7. The molecule has 0 radical (unpaired) electrons. The Labute approximate surface area is 831 Å². The van der Waals surface area contributed by atoms with Crippen molar-refractivity contribution in [3.05, 3.63) is 241 Å². The summed E-state index contributed by atoms with van der Waals surface area (Å²) in [5.74, 6) is 0. The van der Waals surface area contributed by atoms with E-state index < -0.39 is 267 Å². The molecule has 6 aromatic heterocycles. The lowest BCUT2D eigenvalue weighted by molar-refractivity contribution is -0.137. The maximum Gasteiger partial charge on any atom is 0.476 e. The molecule has 798 valence electrons. The summed E-state index contributed by atoms with van der Waals surface area (Å²) in [5, 5.41) is 11.0. The highest BCUT2D eigenvalue weighted by atomic mass is 31.2. The Morgan fingerprint density at radius 1 is 0.345 bits per heavy atom. The third kappa shape index (κ3) is 27.5. The van der Waals surface area contributed by atoms with Gasteiger partial charge in [0.15, 0.2) is 8.32 Å². The minimum absolute atomic E-state index is 0.0706. The van der Waals surface area contributed by atoms with Crippen LogP contribution in [-0.4, -0.2) is 219 Å². The van der Waals surface area contributed by atoms with Gasteiger partial charge in [0.2, 0.25) is 26.2 Å². The van der Waals surface area contributed by atoms with E-state index in [0.29, 0.717) is 6.42 Å². The second kappa shape index (κ2) is 46.2. The molecule has 12 heterocycles. The van der Waals surface area contributed by atoms with Gasteiger partial charge in [0.1, 0.15) is 123 Å². The van der Waals surface area contributed by atoms with Gasteiger partial charge in [-0.25, -0.2) is 73.3 Å². The summed E-state index contributed by atoms with van der Waals surface area (Å²) in [5.41, 5.74) is -14.6. The quantitative estimate of drug-likeness (QED) is 0.00819. The number of phosphoric ester groups is 4. The summed E-state index contributed by atoms with van der Waals surface area (Å²) in [6.07, 6.45) is -13.4. The van der Waals surface area contributed by atoms with E-state index in [0.717, 1.165) is 13.7 Å². The molecule has 7 N–H and O–H groups in total. The van der Waals surface area contributed by atoms with Crippen molar-refractivity contribution in [2.24, 2.45) is 0 Å². The van der Waals surface area contributed by atoms with Crippen molar-refractivity contribution in [1.29, 1.82) is 0 Å². The van der Waals surface area contributed by atoms with Crippen LogP contribution in [-0.2, 0) is 105 Å². The first kappa shape index (κ1) is 116. The van der Waals surface area contributed by atoms with E-state index in [1.807, 2.05) is 33.9 Å². The Morgan fingerprint density at radius 2 is 0.552 bits per heavy atom. The zero-order valence-electron chi connectivity index (χ0n) is 84.2. The van der Waals surface area contributed by atoms with Crippen molar-refractivity contribution < 1.29 is 110 Å². The fourth-order valence-corrected chi connectivity index (χ4v) is 25.3. The third-order valence-electron chi connectivity index (χ3n) is 25.5. The summed E-state index contributed by atoms with van der Waals surface area (Å²) in [6, 6.07) is 0. The highest BCUT2D eigenvalue weighted by molar-refractivity contribution is 7.49. The van der Waals surface area contributed by atoms with E-state index in [2.05, 4.69) is 49.3 Å². The number of aryl methyl sites for hydroxylation is 6. The number of H-pyrrole nitrogens is 6. The molecule has 52 nitrogen and oxygen atoms in total. The number of phosphoric acid groups is 4. The summed E-state index contributed by atoms with van der Waals surface area (Å²) >= 11 is 0. The smallest absolute Gasteiger partial charge is 0.411 e. The second-order valence-electron chi connectivity index (χ2n) is 39.4. The first-order valence-corrected chi connectivity index (χ1v) is 55.4. The third-order valence-corrected chi connectivity index (χ3v) is 36.9. The summed E-state index contributed by atoms with van der Waals surface area (Å²) < 4.78 is 186. The number of nitrogens with one attached hydrogen (secondary N) is 6. The number of aliphatic hydroxyl groups is 1. The zero-order valence-corrected chi connectivity index (χ0v) is 88.7. The fraction of sp³-hybridized carbons (Fsp3) is 0.682. The molecular formula is C88H126N16O36P4Si. The normalized spacial score (nSPS) is 26.4. The lowest BCUT2D eigenvalue weighted by atomic mass is 9.97. The Hall–Kier alpha value is -9.62. The Balaban J connectivity index is 0.000000277. The van der Waals surface area contributed by atoms with Gasteiger partial charge < -0.3 is 57.3 Å². The molecule has 0 spiro atoms. The molecule has 145 heavy (non-hydrogen) atoms. The van der Waals surface area contributed by atoms with Crippen molar-refractivity contribution in [1.82, 2.24) is 57.3 Å². The van der Waals surface area contributed by atoms with Gasteiger partial charge in [0.25, 0.3) is 33.4 Å². The predicted octanol–water partition coefficient (Wildman–Crippen LogP) is 8.32. The van der Waals surface area contributed by atoms with Gasteiger partial charge in [-0.2, -0.15) is 0 Å². The molecule has 0 amide bonds. The molecule has 6 fully saturated rings. The minimum Gasteiger partial charge on any atom is -0.411 e. The van der Waals surface area contributed by atoms with Gasteiger partial charge in [0, 0.05) is 109 Å². The first-order chi connectivity index (χ1) is 67.6. The Bertz CT molecular complexity index is 6900. The maximum atomic E-state index is 15.6. The number of ether oxygens (including phenoxy) is 6. The van der Waals surface area contributed by atoms with Crippen LogP contribution in [0.5, 0.6) is 0 Å². The molecule has 0 bridgehead atoms. The average molecular weight is 2140 g/mol. The van der Waals surface area contributed by atoms with Gasteiger partial charge in [-0.05, 0) is 128 Å². The van der Waals surface area contributed by atoms with Crippen molar-refractivity contribution in [2.75, 3.05) is 52.6 Å². The van der Waals surface area contributed by atoms with Crippen LogP contribution in [0.3, 0.4) is 0 Å². The topological polar surface area (TPSA) is 610 Å². The van der Waals surface area contributed by atoms with Gasteiger partial charge >= 0.3 is 65.4 Å². The number of aliphatic hydroxyl groups excluding tert-OH is 1. The van der Waals surface area contributed by atoms with E-state index in [9.17, 15) is 67.2 Å². The molecule has 22 atom stereocenters. The SMILES string of the molecule is [C-]#[N+]CCOP(=O)(O[C@@H]1C[C@H](n2cc(C)c(=O)[nH]c2=O)O[C@@H]1C(C)(C)OP(=O)(OCC[N+]#[C-])O[C@@H]1C[C@H](n2cc(C)c(=O)[nH]c2=O)O[C@@H]1CC)OC(C)(C)[C@H]1O[C@@H](n2cc(C)c(=O)[nH]c2=O)C[C@H]1O.[C-]#[N+]CCOP(=O)(O[C@@H]1C[C@H](n2cc(C)c(=O)[nH]c2=O)O[C@@H]1CC)OC(C)(C)[C@H]1O[C@@H](n2cc(C)c(=O)[nH]c2=O)C[C@H]1OP(=O)(OCC[N+]#[C-])OC(C)(C)[C@H]1O[C@@H](n2cc(C)c(=O)[nH]c2=O)C[C@H]1O[Si](C)(C)C(C)(C)C. The Kier molecular flexibility index (Phi) is 36.9. The maximum absolute atomic E-state index is 15.6. The average Bonchev–Trinajstić information content (AvgIpc) is 1.48. The molecule has 6 aliphatic heterocycles. The van der Waals surface area contributed by atoms with Crippen LogP contribution < -0.4 is 67.5 Å². The molecule has 6 saturated heterocycles. The van der Waals surface area contributed by atoms with E-state index in [4.69, 9.17) is 113 Å². The first-order valence-electron chi connectivity index (χ1n) is 46.7. The fourth-order valence-electron chi connectivity index (χ4n) is 17.2. The number of rotatable bonds is 42. The van der Waals surface area contributed by atoms with Crippen molar-refractivity contribution in [3.63, 3.8) is 0 Å². The van der Waals surface area contributed by atoms with Crippen LogP contribution in [0.4, 0.5) is 0 Å². The predicted molar refractivity (Wildman–Crippen MR) is 516 cm³/mol. The van der Waals surface area contributed by atoms with Gasteiger partial charge in [0.05, 0.1) is 36.6 Å². The summed E-state index contributed by atoms with van der Waals surface area (Å²) in [7, 11) is -22.4. The van der Waals surface area contributed by atoms with Crippen LogP contribution >= 0.6 is 31.3 Å². The molecular weight excluding hydrogens is 2010 g/mol. The van der Waals surface area contributed by atoms with Crippen LogP contribution in [0, 0.1) is 67.8 Å². The summed E-state index contributed by atoms with van der Waals surface area (Å²) in [4.78, 5) is 179. The lowest BCUT2D eigenvalue weighted by Crippen LogP contribution is -2.51. The molecule has 6 aromatic rings. The zero-order chi connectivity index (χ0) is 107. The Morgan fingerprint density at radius 3 is 0.793 bits per heavy atom. The minimum atomic E-state index is -5.00. The van der Waals surface area contributed by atoms with E-state index >= 15 is 13.7 Å². The molecule has 0 saturated carbocycles. The highest BCUT2D eigenvalue weighted by Gasteiger charge is 2.61. The van der Waals surface area contributed by atoms with Crippen LogP contribution in [0.1, 0.15) is 212 Å². The number of hydrogen-bond donors (Lipinski definition) is 7. The van der Waals surface area contributed by atoms with Gasteiger partial charge in [-0.1, -0.05) is 34.6 Å². The second-order valence-corrected chi connectivity index (χ2v) is 50.3. The van der Waals surface area contributed by atoms with Gasteiger partial charge in [-0.3, -0.25) is 140 Å². The van der Waals surface area contributed by atoms with E-state index in [1.54, 1.807) is 27.7 Å². The van der Waals surface area contributed by atoms with Crippen molar-refractivity contribution in [3.8, 4) is 0 Å². The van der Waals surface area contributed by atoms with Crippen LogP contribution in [0.25, 0.3) is 19.4 Å². The number of nitrogens with zero attached hydrogens (tertiary/aromatic N) is 10. The molecule has 6 aliphatic rings. The molecule has 0 aromatic carbocycles. The van der Waals surface area contributed by atoms with Crippen LogP contribution in [0.15, 0.2) is 94.7 Å². The van der Waals surface area contributed by atoms with Gasteiger partial charge in [-0.15, -0.1) is 0 Å². The molecule has 0 aliphatic carbocycles. The molecule has 4 unspecified atom stereocenters. The standard InChI is InChI=1S/C47H70N8O18P2Si.C41H56N8O18P2/c1-16-30-31(21-34(66-30)53-24-27(2)39(56)50-42(53)59)69-74(62,64-19-17-48-12)72-46(8,9)37-32(22-35(67-37)54-25-28(3)40(57)51-43(54)60)70-75(63,65-20-18-49-13)73-47(10,11)38-33(71-76(14,15)45(5,6)7)23-36(68-38)55-26-29(4)41(58)52-44(55)61;1-11-26-27(17-30(61-26)48-20-23(3)35(52)45-38(48)55)64-68(57,59-14-12-42-9)67-41(7,8)33-28(18-31(63-33)49-21-24(4)36(53)46-39(49)56)65-69(58,60-15-13-43-10)66-40(5,6)32-25(50)16-29(62-32)47-19-22(2)34(51)44-37(47)54/h24-26,30-38H,16-23H2,1-11,14-15H3,(H,50,56,59)(H,51,57,60)(H,52,58,61);19-21,25-33,50H,11-18H2,1-8H3,(H,44,51,54)(H,45,52,55)(H,46,53,56)/t30-,31-,32-,33-,34-,35-,36-,37+,38+,74?,75?;25-,26-,27-,28-,29-,30-,31-,32+,33+,68?,69?/m11/s1. The number of aromatic amines is 6. The number of aromatic nitrogens is 12. The highest BCUT2D eigenvalue weighted by Crippen LogP contribution is 2.64. The van der Waals surface area contributed by atoms with E-state index in [1.165, 1.54) is 134 Å². The molecule has 57 heteroatoms. The van der Waals surface area contributed by atoms with Crippen LogP contribution in [0.2, 0.25) is 18.1 Å². The lowest BCUT2D eigenvalue weighted by Gasteiger charge is -2.42. The number of hydrogen-bond acceptors (Lipinski definition) is 36. The monoisotopic (exact) mass is 2130 g/mol. The van der Waals surface area contributed by atoms with Crippen molar-refractivity contribution in [2.45, 2.75) is 334 Å². The van der Waals surface area contributed by atoms with E-state index in [-0.39, 0.29) is 110 Å². The molecule has 12 rings (SSSR count). The van der Waals surface area contributed by atoms with Crippen molar-refractivity contribution >= 4 is 39.6 Å². The largest absolute Gasteiger partial charge is 0.476 e.